The molecule has 2 aromatic heterocycles. The molecule has 0 aliphatic rings. The summed E-state index contributed by atoms with van der Waals surface area (Å²) in [5.41, 5.74) is 2.69. The number of fused-ring (bicyclic) bond motifs is 1. The van der Waals surface area contributed by atoms with Crippen molar-refractivity contribution >= 4 is 33.5 Å². The van der Waals surface area contributed by atoms with E-state index >= 15 is 0 Å². The van der Waals surface area contributed by atoms with Crippen LogP contribution in [0.3, 0.4) is 0 Å². The maximum absolute atomic E-state index is 12.2. The van der Waals surface area contributed by atoms with Crippen molar-refractivity contribution in [3.63, 3.8) is 0 Å². The van der Waals surface area contributed by atoms with Crippen molar-refractivity contribution in [1.82, 2.24) is 9.55 Å². The summed E-state index contributed by atoms with van der Waals surface area (Å²) in [6, 6.07) is 17.2. The highest BCUT2D eigenvalue weighted by Crippen LogP contribution is 2.17. The fourth-order valence-corrected chi connectivity index (χ4v) is 3.59. The van der Waals surface area contributed by atoms with Gasteiger partial charge in [-0.25, -0.2) is 14.6 Å². The highest BCUT2D eigenvalue weighted by molar-refractivity contribution is 7.13. The molecule has 0 atom stereocenters. The number of nitrogens with zero attached hydrogens (tertiary/aromatic N) is 2. The third kappa shape index (κ3) is 4.55. The first kappa shape index (κ1) is 18.9. The molecule has 0 aliphatic heterocycles. The molecule has 0 bridgehead atoms. The molecule has 0 fully saturated rings. The molecular formula is C21H19N3O4S. The molecule has 29 heavy (non-hydrogen) atoms. The summed E-state index contributed by atoms with van der Waals surface area (Å²) in [6.07, 6.45) is 0.498. The fraction of sp³-hybridized carbons (Fsp3) is 0.190. The van der Waals surface area contributed by atoms with Crippen LogP contribution in [-0.4, -0.2) is 22.1 Å². The predicted octanol–water partition coefficient (Wildman–Crippen LogP) is 3.91. The second-order valence-electron chi connectivity index (χ2n) is 6.35. The minimum absolute atomic E-state index is 0.190. The van der Waals surface area contributed by atoms with Gasteiger partial charge < -0.3 is 14.5 Å². The SMILES string of the molecule is O=C(OCCCn1c(=O)oc2ccccc21)c1csc(NCc2ccccc2)n1. The second-order valence-corrected chi connectivity index (χ2v) is 7.21. The third-order valence-corrected chi connectivity index (χ3v) is 5.13. The number of ether oxygens (including phenoxy) is 1. The molecule has 0 amide bonds. The van der Waals surface area contributed by atoms with Crippen molar-refractivity contribution in [1.29, 1.82) is 0 Å². The van der Waals surface area contributed by atoms with E-state index in [-0.39, 0.29) is 12.3 Å². The first-order valence-electron chi connectivity index (χ1n) is 9.19. The largest absolute Gasteiger partial charge is 0.461 e. The van der Waals surface area contributed by atoms with Gasteiger partial charge in [-0.05, 0) is 24.1 Å². The fourth-order valence-electron chi connectivity index (χ4n) is 2.91. The Morgan fingerprint density at radius 3 is 2.79 bits per heavy atom. The number of anilines is 1. The van der Waals surface area contributed by atoms with Gasteiger partial charge in [-0.15, -0.1) is 11.3 Å². The molecular weight excluding hydrogens is 390 g/mol. The number of hydrogen-bond donors (Lipinski definition) is 1. The van der Waals surface area contributed by atoms with Crippen LogP contribution in [0.1, 0.15) is 22.5 Å². The number of aromatic nitrogens is 2. The highest BCUT2D eigenvalue weighted by atomic mass is 32.1. The Morgan fingerprint density at radius 1 is 1.14 bits per heavy atom. The first-order valence-corrected chi connectivity index (χ1v) is 10.1. The van der Waals surface area contributed by atoms with Crippen molar-refractivity contribution in [3.05, 3.63) is 81.8 Å². The Morgan fingerprint density at radius 2 is 1.93 bits per heavy atom. The number of thiazole rings is 1. The predicted molar refractivity (Wildman–Crippen MR) is 111 cm³/mol. The maximum Gasteiger partial charge on any atom is 0.419 e. The van der Waals surface area contributed by atoms with Gasteiger partial charge in [0.25, 0.3) is 0 Å². The topological polar surface area (TPSA) is 86.4 Å². The van der Waals surface area contributed by atoms with Gasteiger partial charge in [0.1, 0.15) is 0 Å². The molecule has 0 unspecified atom stereocenters. The smallest absolute Gasteiger partial charge is 0.419 e. The summed E-state index contributed by atoms with van der Waals surface area (Å²) in [5.74, 6) is -0.885. The molecule has 0 saturated carbocycles. The van der Waals surface area contributed by atoms with Gasteiger partial charge in [0.15, 0.2) is 16.4 Å². The van der Waals surface area contributed by atoms with Crippen LogP contribution in [0.15, 0.2) is 69.2 Å². The molecule has 2 heterocycles. The van der Waals surface area contributed by atoms with Gasteiger partial charge >= 0.3 is 11.7 Å². The third-order valence-electron chi connectivity index (χ3n) is 4.33. The monoisotopic (exact) mass is 409 g/mol. The van der Waals surface area contributed by atoms with E-state index in [0.29, 0.717) is 30.2 Å². The molecule has 8 heteroatoms. The van der Waals surface area contributed by atoms with Crippen molar-refractivity contribution in [2.45, 2.75) is 19.5 Å². The zero-order valence-electron chi connectivity index (χ0n) is 15.5. The van der Waals surface area contributed by atoms with Crippen LogP contribution in [0.5, 0.6) is 0 Å². The number of hydrogen-bond acceptors (Lipinski definition) is 7. The lowest BCUT2D eigenvalue weighted by molar-refractivity contribution is 0.0490. The number of benzene rings is 2. The van der Waals surface area contributed by atoms with E-state index in [1.807, 2.05) is 48.5 Å². The number of nitrogens with one attached hydrogen (secondary N) is 1. The number of oxazole rings is 1. The normalized spacial score (nSPS) is 10.9. The molecule has 0 aliphatic carbocycles. The number of carbonyl (C=O) groups excluding carboxylic acids is 1. The average Bonchev–Trinajstić information content (AvgIpc) is 3.34. The Hall–Kier alpha value is -3.39. The van der Waals surface area contributed by atoms with Crippen molar-refractivity contribution in [3.8, 4) is 0 Å². The van der Waals surface area contributed by atoms with Crippen molar-refractivity contribution in [2.24, 2.45) is 0 Å². The van der Waals surface area contributed by atoms with E-state index in [4.69, 9.17) is 9.15 Å². The van der Waals surface area contributed by atoms with Gasteiger partial charge in [0.2, 0.25) is 0 Å². The van der Waals surface area contributed by atoms with Crippen molar-refractivity contribution < 1.29 is 13.9 Å². The highest BCUT2D eigenvalue weighted by Gasteiger charge is 2.13. The Bertz CT molecular complexity index is 1160. The quantitative estimate of drug-likeness (QED) is 0.351. The van der Waals surface area contributed by atoms with Crippen LogP contribution in [-0.2, 0) is 17.8 Å². The molecule has 0 radical (unpaired) electrons. The number of esters is 1. The number of para-hydroxylation sites is 2. The minimum Gasteiger partial charge on any atom is -0.461 e. The van der Waals surface area contributed by atoms with Gasteiger partial charge in [-0.2, -0.15) is 0 Å². The van der Waals surface area contributed by atoms with Gasteiger partial charge in [0.05, 0.1) is 12.1 Å². The number of aryl methyl sites for hydroxylation is 1. The van der Waals surface area contributed by atoms with E-state index in [2.05, 4.69) is 10.3 Å². The Kier molecular flexibility index (Phi) is 5.71. The summed E-state index contributed by atoms with van der Waals surface area (Å²) in [5, 5.41) is 5.53. The zero-order valence-corrected chi connectivity index (χ0v) is 16.4. The lowest BCUT2D eigenvalue weighted by Gasteiger charge is -2.04. The van der Waals surface area contributed by atoms with Crippen molar-refractivity contribution in [2.75, 3.05) is 11.9 Å². The van der Waals surface area contributed by atoms with Gasteiger partial charge in [-0.1, -0.05) is 42.5 Å². The van der Waals surface area contributed by atoms with Crippen LogP contribution < -0.4 is 11.1 Å². The van der Waals surface area contributed by atoms with Crippen LogP contribution >= 0.6 is 11.3 Å². The molecule has 4 rings (SSSR count). The van der Waals surface area contributed by atoms with E-state index in [9.17, 15) is 9.59 Å². The van der Waals surface area contributed by atoms with E-state index in [1.54, 1.807) is 11.4 Å². The summed E-state index contributed by atoms with van der Waals surface area (Å²) >= 11 is 1.36. The van der Waals surface area contributed by atoms with E-state index in [0.717, 1.165) is 11.1 Å². The van der Waals surface area contributed by atoms with Crippen LogP contribution in [0.2, 0.25) is 0 Å². The maximum atomic E-state index is 12.2. The molecule has 148 valence electrons. The molecule has 2 aromatic carbocycles. The standard InChI is InChI=1S/C21H19N3O4S/c25-19(16-14-29-20(23-16)22-13-15-7-2-1-3-8-15)27-12-6-11-24-17-9-4-5-10-18(17)28-21(24)26/h1-5,7-10,14H,6,11-13H2,(H,22,23). The molecule has 4 aromatic rings. The summed E-state index contributed by atoms with van der Waals surface area (Å²) in [4.78, 5) is 28.4. The second kappa shape index (κ2) is 8.74. The number of rotatable bonds is 8. The van der Waals surface area contributed by atoms with Crippen LogP contribution in [0, 0.1) is 0 Å². The lowest BCUT2D eigenvalue weighted by atomic mass is 10.2. The summed E-state index contributed by atoms with van der Waals surface area (Å²) in [7, 11) is 0. The molecule has 7 nitrogen and oxygen atoms in total. The van der Waals surface area contributed by atoms with Crippen LogP contribution in [0.4, 0.5) is 5.13 Å². The Balaban J connectivity index is 1.26. The van der Waals surface area contributed by atoms with Gasteiger partial charge in [0, 0.05) is 18.5 Å². The summed E-state index contributed by atoms with van der Waals surface area (Å²) < 4.78 is 12.0. The average molecular weight is 409 g/mol. The molecule has 0 spiro atoms. The minimum atomic E-state index is -0.474. The number of carbonyl (C=O) groups is 1. The first-order chi connectivity index (χ1) is 14.2. The molecule has 1 N–H and O–H groups in total. The van der Waals surface area contributed by atoms with Crippen LogP contribution in [0.25, 0.3) is 11.1 Å². The Labute approximate surface area is 170 Å². The lowest BCUT2D eigenvalue weighted by Crippen LogP contribution is -2.16. The zero-order chi connectivity index (χ0) is 20.1. The molecule has 0 saturated heterocycles. The van der Waals surface area contributed by atoms with Gasteiger partial charge in [-0.3, -0.25) is 4.57 Å². The van der Waals surface area contributed by atoms with E-state index < -0.39 is 11.7 Å². The van der Waals surface area contributed by atoms with E-state index in [1.165, 1.54) is 15.9 Å². The summed E-state index contributed by atoms with van der Waals surface area (Å²) in [6.45, 7) is 1.23.